The van der Waals surface area contributed by atoms with Crippen LogP contribution in [0.15, 0.2) is 53.4 Å². The Hall–Kier alpha value is -3.59. The first-order chi connectivity index (χ1) is 18.4. The molecular weight excluding hydrogens is 512 g/mol. The van der Waals surface area contributed by atoms with Gasteiger partial charge in [-0.1, -0.05) is 44.2 Å². The Morgan fingerprint density at radius 1 is 1.05 bits per heavy atom. The smallest absolute Gasteiger partial charge is 0.407 e. The number of aldehydes is 1. The van der Waals surface area contributed by atoms with Gasteiger partial charge < -0.3 is 14.8 Å². The first-order valence-corrected chi connectivity index (χ1v) is 13.8. The Labute approximate surface area is 235 Å². The largest absolute Gasteiger partial charge is 0.475 e. The molecule has 0 saturated heterocycles. The number of carbonyl (C=O) groups excluding carboxylic acids is 2. The van der Waals surface area contributed by atoms with E-state index in [2.05, 4.69) is 28.9 Å². The third-order valence-corrected chi connectivity index (χ3v) is 6.38. The maximum Gasteiger partial charge on any atom is 0.407 e. The third-order valence-electron chi connectivity index (χ3n) is 5.60. The minimum absolute atomic E-state index is 0.217. The molecule has 0 radical (unpaired) electrons. The van der Waals surface area contributed by atoms with Crippen LogP contribution in [-0.2, 0) is 4.74 Å². The van der Waals surface area contributed by atoms with Crippen LogP contribution >= 0.6 is 11.9 Å². The number of carbonyl (C=O) groups is 2. The molecule has 0 aliphatic carbocycles. The number of benzene rings is 2. The predicted molar refractivity (Wildman–Crippen MR) is 156 cm³/mol. The second kappa shape index (κ2) is 13.5. The zero-order chi connectivity index (χ0) is 28.6. The van der Waals surface area contributed by atoms with Crippen molar-refractivity contribution >= 4 is 30.3 Å². The minimum atomic E-state index is -0.593. The van der Waals surface area contributed by atoms with Crippen LogP contribution in [0.3, 0.4) is 0 Å². The van der Waals surface area contributed by atoms with Crippen molar-refractivity contribution in [1.82, 2.24) is 15.3 Å². The fourth-order valence-corrected chi connectivity index (χ4v) is 4.69. The number of nitrogens with one attached hydrogen (secondary N) is 2. The normalized spacial score (nSPS) is 12.1. The maximum atomic E-state index is 12.4. The zero-order valence-corrected chi connectivity index (χ0v) is 24.5. The molecule has 1 unspecified atom stereocenters. The summed E-state index contributed by atoms with van der Waals surface area (Å²) < 4.78 is 14.8. The molecule has 3 aromatic rings. The highest BCUT2D eigenvalue weighted by atomic mass is 32.2. The number of alkyl carbamates (subject to hydrolysis) is 1. The molecular formula is C30H38N4O4S. The minimum Gasteiger partial charge on any atom is -0.475 e. The SMILES string of the molecule is Cc1cccc(C)c1-c1cc(OCC(CC(C)C)NC(=O)OC(C)(C)C)nc(NSc2cccc(C=O)c2)n1. The number of rotatable bonds is 11. The lowest BCUT2D eigenvalue weighted by atomic mass is 10.00. The van der Waals surface area contributed by atoms with E-state index in [0.29, 0.717) is 29.7 Å². The standard InChI is InChI=1S/C30H38N4O4S/c1-19(2)14-23(31-29(36)38-30(5,6)7)18-37-26-16-25(27-20(3)10-8-11-21(27)4)32-28(33-26)34-39-24-13-9-12-22(15-24)17-35/h8-13,15-17,19,23H,14,18H2,1-7H3,(H,31,36)(H,32,33,34). The Morgan fingerprint density at radius 2 is 1.74 bits per heavy atom. The van der Waals surface area contributed by atoms with E-state index in [1.807, 2.05) is 71.0 Å². The van der Waals surface area contributed by atoms with Gasteiger partial charge in [0.2, 0.25) is 11.8 Å². The van der Waals surface area contributed by atoms with E-state index in [4.69, 9.17) is 14.5 Å². The van der Waals surface area contributed by atoms with Gasteiger partial charge in [0, 0.05) is 22.1 Å². The number of ether oxygens (including phenoxy) is 2. The summed E-state index contributed by atoms with van der Waals surface area (Å²) in [6.07, 6.45) is 1.04. The molecule has 3 rings (SSSR count). The highest BCUT2D eigenvalue weighted by Gasteiger charge is 2.21. The van der Waals surface area contributed by atoms with E-state index in [0.717, 1.165) is 33.6 Å². The van der Waals surface area contributed by atoms with Gasteiger partial charge in [0.25, 0.3) is 0 Å². The first-order valence-electron chi connectivity index (χ1n) is 13.0. The van der Waals surface area contributed by atoms with Gasteiger partial charge in [-0.2, -0.15) is 4.98 Å². The topological polar surface area (TPSA) is 102 Å². The number of aromatic nitrogens is 2. The van der Waals surface area contributed by atoms with Gasteiger partial charge in [-0.3, -0.25) is 9.52 Å². The van der Waals surface area contributed by atoms with Crippen molar-refractivity contribution < 1.29 is 19.1 Å². The van der Waals surface area contributed by atoms with Crippen LogP contribution in [0.4, 0.5) is 10.7 Å². The van der Waals surface area contributed by atoms with Crippen LogP contribution in [0.25, 0.3) is 11.3 Å². The van der Waals surface area contributed by atoms with Crippen molar-refractivity contribution in [2.24, 2.45) is 5.92 Å². The molecule has 0 spiro atoms. The van der Waals surface area contributed by atoms with Crippen molar-refractivity contribution in [1.29, 1.82) is 0 Å². The number of nitrogens with zero attached hydrogens (tertiary/aromatic N) is 2. The second-order valence-corrected chi connectivity index (χ2v) is 11.7. The van der Waals surface area contributed by atoms with Crippen LogP contribution in [0.1, 0.15) is 62.5 Å². The number of amides is 1. The molecule has 0 bridgehead atoms. The van der Waals surface area contributed by atoms with Crippen LogP contribution in [0, 0.1) is 19.8 Å². The summed E-state index contributed by atoms with van der Waals surface area (Å²) in [5.41, 5.74) is 3.89. The summed E-state index contributed by atoms with van der Waals surface area (Å²) in [4.78, 5) is 33.8. The lowest BCUT2D eigenvalue weighted by Gasteiger charge is -2.24. The van der Waals surface area contributed by atoms with E-state index in [1.54, 1.807) is 12.1 Å². The molecule has 1 atom stereocenters. The van der Waals surface area contributed by atoms with Crippen LogP contribution in [-0.4, -0.2) is 40.6 Å². The summed E-state index contributed by atoms with van der Waals surface area (Å²) in [6, 6.07) is 14.9. The molecule has 1 heterocycles. The van der Waals surface area contributed by atoms with Crippen LogP contribution < -0.4 is 14.8 Å². The average Bonchev–Trinajstić information content (AvgIpc) is 2.84. The Kier molecular flexibility index (Phi) is 10.3. The van der Waals surface area contributed by atoms with Gasteiger partial charge in [-0.05, 0) is 82.2 Å². The van der Waals surface area contributed by atoms with Crippen molar-refractivity contribution in [3.63, 3.8) is 0 Å². The van der Waals surface area contributed by atoms with E-state index in [1.165, 1.54) is 11.9 Å². The quantitative estimate of drug-likeness (QED) is 0.194. The van der Waals surface area contributed by atoms with Crippen molar-refractivity contribution in [2.75, 3.05) is 11.3 Å². The van der Waals surface area contributed by atoms with Gasteiger partial charge in [-0.15, -0.1) is 0 Å². The van der Waals surface area contributed by atoms with E-state index in [9.17, 15) is 9.59 Å². The van der Waals surface area contributed by atoms with Crippen LogP contribution in [0.5, 0.6) is 5.88 Å². The van der Waals surface area contributed by atoms with Gasteiger partial charge >= 0.3 is 6.09 Å². The van der Waals surface area contributed by atoms with E-state index < -0.39 is 11.7 Å². The molecule has 0 aliphatic rings. The van der Waals surface area contributed by atoms with Crippen molar-refractivity contribution in [3.8, 4) is 17.1 Å². The van der Waals surface area contributed by atoms with E-state index >= 15 is 0 Å². The highest BCUT2D eigenvalue weighted by molar-refractivity contribution is 8.00. The van der Waals surface area contributed by atoms with Crippen molar-refractivity contribution in [2.45, 2.75) is 71.4 Å². The fraction of sp³-hybridized carbons (Fsp3) is 0.400. The molecule has 2 N–H and O–H groups in total. The maximum absolute atomic E-state index is 12.4. The molecule has 2 aromatic carbocycles. The molecule has 9 heteroatoms. The number of hydrogen-bond donors (Lipinski definition) is 2. The second-order valence-electron chi connectivity index (χ2n) is 10.9. The predicted octanol–water partition coefficient (Wildman–Crippen LogP) is 7.01. The molecule has 1 amide bonds. The summed E-state index contributed by atoms with van der Waals surface area (Å²) in [7, 11) is 0. The number of hydrogen-bond acceptors (Lipinski definition) is 8. The lowest BCUT2D eigenvalue weighted by Crippen LogP contribution is -2.42. The number of anilines is 1. The number of aryl methyl sites for hydroxylation is 2. The van der Waals surface area contributed by atoms with Gasteiger partial charge in [0.15, 0.2) is 0 Å². The van der Waals surface area contributed by atoms with Crippen molar-refractivity contribution in [3.05, 3.63) is 65.2 Å². The molecule has 39 heavy (non-hydrogen) atoms. The summed E-state index contributed by atoms with van der Waals surface area (Å²) in [6.45, 7) is 14.0. The summed E-state index contributed by atoms with van der Waals surface area (Å²) in [5.74, 6) is 1.08. The Balaban J connectivity index is 1.87. The average molecular weight is 551 g/mol. The zero-order valence-electron chi connectivity index (χ0n) is 23.7. The monoisotopic (exact) mass is 550 g/mol. The van der Waals surface area contributed by atoms with Gasteiger partial charge in [0.05, 0.1) is 11.7 Å². The molecule has 0 aliphatic heterocycles. The Bertz CT molecular complexity index is 1270. The Morgan fingerprint density at radius 3 is 2.38 bits per heavy atom. The summed E-state index contributed by atoms with van der Waals surface area (Å²) in [5, 5.41) is 2.93. The fourth-order valence-electron chi connectivity index (χ4n) is 4.04. The molecule has 1 aromatic heterocycles. The third kappa shape index (κ3) is 9.58. The lowest BCUT2D eigenvalue weighted by molar-refractivity contribution is 0.0479. The molecule has 8 nitrogen and oxygen atoms in total. The van der Waals surface area contributed by atoms with Gasteiger partial charge in [-0.25, -0.2) is 9.78 Å². The summed E-state index contributed by atoms with van der Waals surface area (Å²) >= 11 is 1.31. The molecule has 0 fully saturated rings. The van der Waals surface area contributed by atoms with Crippen LogP contribution in [0.2, 0.25) is 0 Å². The highest BCUT2D eigenvalue weighted by Crippen LogP contribution is 2.30. The molecule has 208 valence electrons. The molecule has 0 saturated carbocycles. The van der Waals surface area contributed by atoms with Gasteiger partial charge in [0.1, 0.15) is 18.5 Å². The first kappa shape index (κ1) is 30.0. The van der Waals surface area contributed by atoms with E-state index in [-0.39, 0.29) is 12.6 Å².